The second-order valence-corrected chi connectivity index (χ2v) is 8.20. The zero-order chi connectivity index (χ0) is 18.6. The minimum absolute atomic E-state index is 0.101. The van der Waals surface area contributed by atoms with Gasteiger partial charge in [-0.2, -0.15) is 0 Å². The SMILES string of the molecule is CN1CC[C@@H](NS(=O)(=O)c2cccc(C(=O)NCCc3ccco3)c2)C1. The smallest absolute Gasteiger partial charge is 0.251 e. The fourth-order valence-electron chi connectivity index (χ4n) is 2.98. The molecule has 0 unspecified atom stereocenters. The van der Waals surface area contributed by atoms with E-state index in [0.29, 0.717) is 25.1 Å². The van der Waals surface area contributed by atoms with E-state index in [9.17, 15) is 13.2 Å². The van der Waals surface area contributed by atoms with E-state index in [2.05, 4.69) is 14.9 Å². The first-order chi connectivity index (χ1) is 12.4. The Morgan fingerprint density at radius 2 is 2.15 bits per heavy atom. The van der Waals surface area contributed by atoms with Crippen LogP contribution in [0.5, 0.6) is 0 Å². The first kappa shape index (κ1) is 18.6. The predicted molar refractivity (Wildman–Crippen MR) is 97.4 cm³/mol. The summed E-state index contributed by atoms with van der Waals surface area (Å²) >= 11 is 0. The number of nitrogens with one attached hydrogen (secondary N) is 2. The third-order valence-corrected chi connectivity index (χ3v) is 5.87. The zero-order valence-corrected chi connectivity index (χ0v) is 15.5. The van der Waals surface area contributed by atoms with Crippen LogP contribution in [0.3, 0.4) is 0 Å². The molecule has 1 aromatic carbocycles. The highest BCUT2D eigenvalue weighted by atomic mass is 32.2. The molecule has 8 heteroatoms. The number of likely N-dealkylation sites (tertiary alicyclic amines) is 1. The summed E-state index contributed by atoms with van der Waals surface area (Å²) in [4.78, 5) is 14.5. The van der Waals surface area contributed by atoms with Crippen molar-refractivity contribution in [2.45, 2.75) is 23.8 Å². The molecule has 1 atom stereocenters. The number of carbonyl (C=O) groups excluding carboxylic acids is 1. The van der Waals surface area contributed by atoms with Crippen LogP contribution in [0.2, 0.25) is 0 Å². The lowest BCUT2D eigenvalue weighted by molar-refractivity contribution is 0.0953. The number of sulfonamides is 1. The third kappa shape index (κ3) is 4.72. The molecule has 140 valence electrons. The molecule has 2 N–H and O–H groups in total. The maximum Gasteiger partial charge on any atom is 0.251 e. The van der Waals surface area contributed by atoms with Crippen molar-refractivity contribution in [2.75, 3.05) is 26.7 Å². The van der Waals surface area contributed by atoms with Gasteiger partial charge in [-0.1, -0.05) is 6.07 Å². The molecule has 0 radical (unpaired) electrons. The minimum Gasteiger partial charge on any atom is -0.469 e. The van der Waals surface area contributed by atoms with Gasteiger partial charge in [-0.25, -0.2) is 13.1 Å². The standard InChI is InChI=1S/C18H23N3O4S/c1-21-10-8-15(13-21)20-26(23,24)17-6-2-4-14(12-17)18(22)19-9-7-16-5-3-11-25-16/h2-6,11-12,15,20H,7-10,13H2,1H3,(H,19,22)/t15-/m1/s1. The molecular formula is C18H23N3O4S. The maximum absolute atomic E-state index is 12.6. The van der Waals surface area contributed by atoms with E-state index in [1.807, 2.05) is 13.1 Å². The van der Waals surface area contributed by atoms with Crippen LogP contribution in [-0.4, -0.2) is 51.9 Å². The quantitative estimate of drug-likeness (QED) is 0.757. The monoisotopic (exact) mass is 377 g/mol. The molecular weight excluding hydrogens is 354 g/mol. The van der Waals surface area contributed by atoms with Crippen LogP contribution >= 0.6 is 0 Å². The van der Waals surface area contributed by atoms with Gasteiger partial charge < -0.3 is 14.6 Å². The van der Waals surface area contributed by atoms with Gasteiger partial charge in [-0.3, -0.25) is 4.79 Å². The van der Waals surface area contributed by atoms with Crippen LogP contribution in [-0.2, 0) is 16.4 Å². The number of hydrogen-bond acceptors (Lipinski definition) is 5. The van der Waals surface area contributed by atoms with Gasteiger partial charge in [0, 0.05) is 31.1 Å². The van der Waals surface area contributed by atoms with Crippen LogP contribution < -0.4 is 10.0 Å². The predicted octanol–water partition coefficient (Wildman–Crippen LogP) is 1.23. The summed E-state index contributed by atoms with van der Waals surface area (Å²) in [5.74, 6) is 0.474. The molecule has 2 aromatic rings. The number of carbonyl (C=O) groups is 1. The first-order valence-corrected chi connectivity index (χ1v) is 10.0. The van der Waals surface area contributed by atoms with E-state index in [4.69, 9.17) is 4.42 Å². The van der Waals surface area contributed by atoms with E-state index in [1.54, 1.807) is 24.5 Å². The van der Waals surface area contributed by atoms with Crippen molar-refractivity contribution in [3.8, 4) is 0 Å². The van der Waals surface area contributed by atoms with Crippen molar-refractivity contribution in [3.05, 3.63) is 54.0 Å². The Morgan fingerprint density at radius 1 is 1.31 bits per heavy atom. The first-order valence-electron chi connectivity index (χ1n) is 8.55. The number of furan rings is 1. The van der Waals surface area contributed by atoms with Gasteiger partial charge in [-0.15, -0.1) is 0 Å². The Kier molecular flexibility index (Phi) is 5.75. The van der Waals surface area contributed by atoms with E-state index < -0.39 is 10.0 Å². The number of amides is 1. The molecule has 1 fully saturated rings. The molecule has 1 amide bonds. The Morgan fingerprint density at radius 3 is 2.85 bits per heavy atom. The van der Waals surface area contributed by atoms with Gasteiger partial charge in [-0.05, 0) is 50.3 Å². The van der Waals surface area contributed by atoms with Crippen molar-refractivity contribution >= 4 is 15.9 Å². The van der Waals surface area contributed by atoms with E-state index in [0.717, 1.165) is 18.7 Å². The van der Waals surface area contributed by atoms with Gasteiger partial charge in [0.25, 0.3) is 5.91 Å². The lowest BCUT2D eigenvalue weighted by atomic mass is 10.2. The summed E-state index contributed by atoms with van der Waals surface area (Å²) in [5.41, 5.74) is 0.316. The second kappa shape index (κ2) is 8.03. The molecule has 1 saturated heterocycles. The molecule has 0 spiro atoms. The van der Waals surface area contributed by atoms with Crippen LogP contribution in [0.15, 0.2) is 52.0 Å². The largest absolute Gasteiger partial charge is 0.469 e. The molecule has 1 aliphatic heterocycles. The molecule has 7 nitrogen and oxygen atoms in total. The zero-order valence-electron chi connectivity index (χ0n) is 14.6. The Hall–Kier alpha value is -2.16. The fourth-order valence-corrected chi connectivity index (χ4v) is 4.29. The average Bonchev–Trinajstić information content (AvgIpc) is 3.26. The fraction of sp³-hybridized carbons (Fsp3) is 0.389. The van der Waals surface area contributed by atoms with Gasteiger partial charge in [0.1, 0.15) is 5.76 Å². The number of rotatable bonds is 7. The topological polar surface area (TPSA) is 91.7 Å². The summed E-state index contributed by atoms with van der Waals surface area (Å²) in [6.45, 7) is 1.97. The molecule has 0 bridgehead atoms. The van der Waals surface area contributed by atoms with Crippen molar-refractivity contribution < 1.29 is 17.6 Å². The second-order valence-electron chi connectivity index (χ2n) is 6.48. The summed E-state index contributed by atoms with van der Waals surface area (Å²) in [5, 5.41) is 2.77. The molecule has 3 rings (SSSR count). The molecule has 2 heterocycles. The Labute approximate surface area is 153 Å². The van der Waals surface area contributed by atoms with Crippen LogP contribution in [0.4, 0.5) is 0 Å². The number of benzene rings is 1. The molecule has 1 aromatic heterocycles. The van der Waals surface area contributed by atoms with Gasteiger partial charge >= 0.3 is 0 Å². The molecule has 0 saturated carbocycles. The van der Waals surface area contributed by atoms with Gasteiger partial charge in [0.05, 0.1) is 11.2 Å². The van der Waals surface area contributed by atoms with Gasteiger partial charge in [0.15, 0.2) is 0 Å². The number of likely N-dealkylation sites (N-methyl/N-ethyl adjacent to an activating group) is 1. The summed E-state index contributed by atoms with van der Waals surface area (Å²) in [6.07, 6.45) is 2.94. The van der Waals surface area contributed by atoms with Crippen LogP contribution in [0, 0.1) is 0 Å². The van der Waals surface area contributed by atoms with Crippen molar-refractivity contribution in [3.63, 3.8) is 0 Å². The highest BCUT2D eigenvalue weighted by molar-refractivity contribution is 7.89. The third-order valence-electron chi connectivity index (χ3n) is 4.36. The van der Waals surface area contributed by atoms with E-state index >= 15 is 0 Å². The van der Waals surface area contributed by atoms with Crippen LogP contribution in [0.1, 0.15) is 22.5 Å². The normalized spacial score (nSPS) is 18.1. The average molecular weight is 377 g/mol. The van der Waals surface area contributed by atoms with Crippen molar-refractivity contribution in [1.29, 1.82) is 0 Å². The highest BCUT2D eigenvalue weighted by Gasteiger charge is 2.25. The Balaban J connectivity index is 1.62. The van der Waals surface area contributed by atoms with Crippen LogP contribution in [0.25, 0.3) is 0 Å². The summed E-state index contributed by atoms with van der Waals surface area (Å²) in [6, 6.07) is 9.62. The highest BCUT2D eigenvalue weighted by Crippen LogP contribution is 2.15. The lowest BCUT2D eigenvalue weighted by Crippen LogP contribution is -2.36. The summed E-state index contributed by atoms with van der Waals surface area (Å²) < 4.78 is 33.1. The maximum atomic E-state index is 12.6. The van der Waals surface area contributed by atoms with Crippen molar-refractivity contribution in [2.24, 2.45) is 0 Å². The molecule has 1 aliphatic rings. The number of nitrogens with zero attached hydrogens (tertiary/aromatic N) is 1. The van der Waals surface area contributed by atoms with Gasteiger partial charge in [0.2, 0.25) is 10.0 Å². The summed E-state index contributed by atoms with van der Waals surface area (Å²) in [7, 11) is -1.69. The van der Waals surface area contributed by atoms with E-state index in [-0.39, 0.29) is 16.8 Å². The number of hydrogen-bond donors (Lipinski definition) is 2. The van der Waals surface area contributed by atoms with E-state index in [1.165, 1.54) is 12.1 Å². The lowest BCUT2D eigenvalue weighted by Gasteiger charge is -2.14. The molecule has 26 heavy (non-hydrogen) atoms. The molecule has 0 aliphatic carbocycles. The van der Waals surface area contributed by atoms with Crippen molar-refractivity contribution in [1.82, 2.24) is 14.9 Å². The minimum atomic E-state index is -3.65. The Bertz CT molecular complexity index is 849.